The average Bonchev–Trinajstić information content (AvgIpc) is 3.14. The highest BCUT2D eigenvalue weighted by Gasteiger charge is 2.25. The van der Waals surface area contributed by atoms with Crippen LogP contribution in [0.3, 0.4) is 0 Å². The third-order valence-corrected chi connectivity index (χ3v) is 4.98. The van der Waals surface area contributed by atoms with Gasteiger partial charge in [-0.25, -0.2) is 0 Å². The summed E-state index contributed by atoms with van der Waals surface area (Å²) in [6.07, 6.45) is 4.51. The molecule has 1 aliphatic rings. The van der Waals surface area contributed by atoms with Crippen molar-refractivity contribution < 1.29 is 18.7 Å². The molecule has 2 aromatic rings. The quantitative estimate of drug-likeness (QED) is 0.628. The number of oxazole rings is 1. The van der Waals surface area contributed by atoms with E-state index in [0.717, 1.165) is 62.2 Å². The van der Waals surface area contributed by atoms with E-state index in [2.05, 4.69) is 22.1 Å². The van der Waals surface area contributed by atoms with E-state index in [0.29, 0.717) is 31.5 Å². The van der Waals surface area contributed by atoms with Gasteiger partial charge in [0, 0.05) is 45.3 Å². The molecule has 0 bridgehead atoms. The number of benzene rings is 1. The van der Waals surface area contributed by atoms with Gasteiger partial charge in [0.05, 0.1) is 7.11 Å². The van der Waals surface area contributed by atoms with Crippen LogP contribution in [0.1, 0.15) is 39.0 Å². The minimum atomic E-state index is 0.115. The smallest absolute Gasteiger partial charge is 0.298 e. The second kappa shape index (κ2) is 10.3. The van der Waals surface area contributed by atoms with Crippen molar-refractivity contribution in [2.45, 2.75) is 39.0 Å². The summed E-state index contributed by atoms with van der Waals surface area (Å²) in [7, 11) is 1.64. The van der Waals surface area contributed by atoms with Gasteiger partial charge in [-0.1, -0.05) is 6.92 Å². The molecule has 2 heterocycles. The van der Waals surface area contributed by atoms with Crippen molar-refractivity contribution in [3.63, 3.8) is 0 Å². The van der Waals surface area contributed by atoms with Gasteiger partial charge in [0.25, 0.3) is 6.01 Å². The number of carbonyl (C=O) groups is 1. The number of ether oxygens (including phenoxy) is 2. The van der Waals surface area contributed by atoms with E-state index in [-0.39, 0.29) is 5.91 Å². The Balaban J connectivity index is 1.48. The van der Waals surface area contributed by atoms with Crippen molar-refractivity contribution in [2.24, 2.45) is 5.92 Å². The Morgan fingerprint density at radius 3 is 3.11 bits per heavy atom. The van der Waals surface area contributed by atoms with Crippen molar-refractivity contribution in [3.8, 4) is 5.75 Å². The highest BCUT2D eigenvalue weighted by atomic mass is 16.5. The molecule has 1 aliphatic heterocycles. The molecule has 1 unspecified atom stereocenters. The van der Waals surface area contributed by atoms with Crippen LogP contribution in [0.5, 0.6) is 5.75 Å². The van der Waals surface area contributed by atoms with Gasteiger partial charge >= 0.3 is 0 Å². The van der Waals surface area contributed by atoms with Crippen molar-refractivity contribution in [2.75, 3.05) is 44.9 Å². The molecule has 3 rings (SSSR count). The van der Waals surface area contributed by atoms with Crippen LogP contribution in [0.25, 0.3) is 11.1 Å². The molecule has 0 saturated carbocycles. The highest BCUT2D eigenvalue weighted by molar-refractivity contribution is 5.77. The Morgan fingerprint density at radius 2 is 2.29 bits per heavy atom. The Kier molecular flexibility index (Phi) is 7.54. The van der Waals surface area contributed by atoms with Gasteiger partial charge in [0.1, 0.15) is 11.3 Å². The zero-order valence-electron chi connectivity index (χ0n) is 16.9. The number of methoxy groups -OCH3 is 1. The van der Waals surface area contributed by atoms with Crippen molar-refractivity contribution in [1.29, 1.82) is 0 Å². The summed E-state index contributed by atoms with van der Waals surface area (Å²) in [5, 5.41) is 3.01. The number of rotatable bonds is 10. The number of anilines is 1. The van der Waals surface area contributed by atoms with Crippen LogP contribution >= 0.6 is 0 Å². The molecule has 1 saturated heterocycles. The average molecular weight is 389 g/mol. The first-order valence-corrected chi connectivity index (χ1v) is 10.2. The van der Waals surface area contributed by atoms with E-state index in [4.69, 9.17) is 13.9 Å². The predicted molar refractivity (Wildman–Crippen MR) is 109 cm³/mol. The molecule has 1 aromatic heterocycles. The lowest BCUT2D eigenvalue weighted by atomic mass is 9.94. The van der Waals surface area contributed by atoms with Crippen LogP contribution in [0, 0.1) is 5.92 Å². The number of amides is 1. The minimum Gasteiger partial charge on any atom is -0.497 e. The van der Waals surface area contributed by atoms with Gasteiger partial charge in [-0.15, -0.1) is 0 Å². The highest BCUT2D eigenvalue weighted by Crippen LogP contribution is 2.29. The zero-order valence-corrected chi connectivity index (χ0v) is 16.9. The first-order chi connectivity index (χ1) is 13.7. The van der Waals surface area contributed by atoms with Gasteiger partial charge < -0.3 is 24.1 Å². The minimum absolute atomic E-state index is 0.115. The van der Waals surface area contributed by atoms with Gasteiger partial charge in [0.15, 0.2) is 5.58 Å². The van der Waals surface area contributed by atoms with E-state index >= 15 is 0 Å². The van der Waals surface area contributed by atoms with Gasteiger partial charge in [0.2, 0.25) is 5.91 Å². The predicted octanol–water partition coefficient (Wildman–Crippen LogP) is 3.38. The Bertz CT molecular complexity index is 761. The fourth-order valence-corrected chi connectivity index (χ4v) is 3.55. The molecule has 7 nitrogen and oxygen atoms in total. The van der Waals surface area contributed by atoms with Gasteiger partial charge in [-0.2, -0.15) is 4.98 Å². The lowest BCUT2D eigenvalue weighted by Crippen LogP contribution is -2.38. The largest absolute Gasteiger partial charge is 0.497 e. The van der Waals surface area contributed by atoms with E-state index in [1.807, 2.05) is 18.2 Å². The Labute approximate surface area is 166 Å². The number of hydrogen-bond donors (Lipinski definition) is 1. The first-order valence-electron chi connectivity index (χ1n) is 10.2. The number of hydrogen-bond acceptors (Lipinski definition) is 6. The third-order valence-electron chi connectivity index (χ3n) is 4.98. The van der Waals surface area contributed by atoms with E-state index in [1.54, 1.807) is 7.11 Å². The summed E-state index contributed by atoms with van der Waals surface area (Å²) in [6, 6.07) is 6.25. The van der Waals surface area contributed by atoms with Crippen LogP contribution in [0.4, 0.5) is 6.01 Å². The van der Waals surface area contributed by atoms with Crippen molar-refractivity contribution in [3.05, 3.63) is 18.2 Å². The molecule has 28 heavy (non-hydrogen) atoms. The third kappa shape index (κ3) is 5.61. The molecule has 1 N–H and O–H groups in total. The first kappa shape index (κ1) is 20.5. The molecule has 0 radical (unpaired) electrons. The van der Waals surface area contributed by atoms with Gasteiger partial charge in [-0.05, 0) is 43.7 Å². The zero-order chi connectivity index (χ0) is 19.8. The number of nitrogens with one attached hydrogen (secondary N) is 1. The maximum absolute atomic E-state index is 12.2. The molecule has 1 amide bonds. The lowest BCUT2D eigenvalue weighted by molar-refractivity contribution is -0.122. The molecule has 1 atom stereocenters. The molecule has 1 aromatic carbocycles. The topological polar surface area (TPSA) is 76.8 Å². The second-order valence-corrected chi connectivity index (χ2v) is 7.30. The fourth-order valence-electron chi connectivity index (χ4n) is 3.55. The second-order valence-electron chi connectivity index (χ2n) is 7.30. The standard InChI is InChI=1S/C21H31N3O4/c1-3-11-27-12-5-9-22-20(25)13-16-6-4-10-24(15-16)21-23-18-14-17(26-2)7-8-19(18)28-21/h7-8,14,16H,3-6,9-13,15H2,1-2H3,(H,22,25). The Morgan fingerprint density at radius 1 is 1.39 bits per heavy atom. The monoisotopic (exact) mass is 389 g/mol. The van der Waals surface area contributed by atoms with Crippen LogP contribution in [0.15, 0.2) is 22.6 Å². The molecule has 154 valence electrons. The molecule has 1 fully saturated rings. The number of nitrogens with zero attached hydrogens (tertiary/aromatic N) is 2. The van der Waals surface area contributed by atoms with Crippen molar-refractivity contribution in [1.82, 2.24) is 10.3 Å². The summed E-state index contributed by atoms with van der Waals surface area (Å²) < 4.78 is 16.6. The van der Waals surface area contributed by atoms with Crippen LogP contribution in [-0.4, -0.2) is 50.8 Å². The Hall–Kier alpha value is -2.28. The molecule has 0 spiro atoms. The molecular weight excluding hydrogens is 358 g/mol. The van der Waals surface area contributed by atoms with Crippen LogP contribution in [0.2, 0.25) is 0 Å². The summed E-state index contributed by atoms with van der Waals surface area (Å²) >= 11 is 0. The number of aromatic nitrogens is 1. The van der Waals surface area contributed by atoms with Crippen molar-refractivity contribution >= 4 is 23.0 Å². The van der Waals surface area contributed by atoms with E-state index < -0.39 is 0 Å². The number of fused-ring (bicyclic) bond motifs is 1. The fraction of sp³-hybridized carbons (Fsp3) is 0.619. The molecule has 7 heteroatoms. The number of carbonyl (C=O) groups excluding carboxylic acids is 1. The summed E-state index contributed by atoms with van der Waals surface area (Å²) in [4.78, 5) is 19.0. The molecular formula is C21H31N3O4. The molecule has 0 aliphatic carbocycles. The summed E-state index contributed by atoms with van der Waals surface area (Å²) in [6.45, 7) is 5.94. The van der Waals surface area contributed by atoms with Crippen LogP contribution < -0.4 is 15.0 Å². The maximum atomic E-state index is 12.2. The summed E-state index contributed by atoms with van der Waals surface area (Å²) in [5.74, 6) is 1.19. The van der Waals surface area contributed by atoms with E-state index in [1.165, 1.54) is 0 Å². The summed E-state index contributed by atoms with van der Waals surface area (Å²) in [5.41, 5.74) is 1.54. The number of piperidine rings is 1. The van der Waals surface area contributed by atoms with Crippen LogP contribution in [-0.2, 0) is 9.53 Å². The lowest BCUT2D eigenvalue weighted by Gasteiger charge is -2.31. The SMILES string of the molecule is CCCOCCCNC(=O)CC1CCCN(c2nc3cc(OC)ccc3o2)C1. The van der Waals surface area contributed by atoms with E-state index in [9.17, 15) is 4.79 Å². The van der Waals surface area contributed by atoms with Gasteiger partial charge in [-0.3, -0.25) is 4.79 Å². The maximum Gasteiger partial charge on any atom is 0.298 e. The normalized spacial score (nSPS) is 17.1.